The van der Waals surface area contributed by atoms with Crippen molar-refractivity contribution in [1.82, 2.24) is 0 Å². The molecule has 168 valence electrons. The minimum absolute atomic E-state index is 0.148. The summed E-state index contributed by atoms with van der Waals surface area (Å²) in [6.07, 6.45) is 4.23. The molecule has 1 unspecified atom stereocenters. The van der Waals surface area contributed by atoms with E-state index in [-0.39, 0.29) is 5.54 Å². The second kappa shape index (κ2) is 9.76. The summed E-state index contributed by atoms with van der Waals surface area (Å²) >= 11 is 0. The molecule has 0 aliphatic carbocycles. The molecule has 1 aliphatic rings. The van der Waals surface area contributed by atoms with Crippen molar-refractivity contribution < 1.29 is 4.74 Å². The highest BCUT2D eigenvalue weighted by Gasteiger charge is 2.36. The molecule has 0 amide bonds. The number of hydrogen-bond acceptors (Lipinski definition) is 4. The second-order valence-electron chi connectivity index (χ2n) is 9.17. The number of nitrogens with zero attached hydrogens (tertiary/aromatic N) is 3. The van der Waals surface area contributed by atoms with Crippen molar-refractivity contribution in [3.63, 3.8) is 0 Å². The molecule has 0 radical (unpaired) electrons. The highest BCUT2D eigenvalue weighted by molar-refractivity contribution is 5.88. The van der Waals surface area contributed by atoms with E-state index in [1.165, 1.54) is 16.9 Å². The van der Waals surface area contributed by atoms with Gasteiger partial charge in [0, 0.05) is 54.4 Å². The van der Waals surface area contributed by atoms with Crippen LogP contribution >= 0.6 is 0 Å². The summed E-state index contributed by atoms with van der Waals surface area (Å²) < 4.78 is 5.78. The number of hydrogen-bond donors (Lipinski definition) is 0. The molecule has 4 heteroatoms. The van der Waals surface area contributed by atoms with Crippen molar-refractivity contribution in [2.75, 3.05) is 36.5 Å². The molecule has 31 heavy (non-hydrogen) atoms. The Hall–Kier alpha value is -2.49. The van der Waals surface area contributed by atoms with Crippen LogP contribution in [-0.2, 0) is 0 Å². The molecule has 0 aromatic heterocycles. The maximum atomic E-state index is 5.78. The number of fused-ring (bicyclic) bond motifs is 1. The highest BCUT2D eigenvalue weighted by Crippen LogP contribution is 2.45. The van der Waals surface area contributed by atoms with Crippen molar-refractivity contribution >= 4 is 23.3 Å². The topological polar surface area (TPSA) is 28.1 Å². The van der Waals surface area contributed by atoms with Crippen molar-refractivity contribution in [3.8, 4) is 5.75 Å². The number of aliphatic imine (C=N–C) groups is 1. The molecular formula is C27H39N3O. The molecule has 4 nitrogen and oxygen atoms in total. The van der Waals surface area contributed by atoms with Gasteiger partial charge in [-0.25, -0.2) is 0 Å². The van der Waals surface area contributed by atoms with Gasteiger partial charge in [0.1, 0.15) is 5.75 Å². The minimum atomic E-state index is 0.148. The molecule has 0 N–H and O–H groups in total. The van der Waals surface area contributed by atoms with Crippen LogP contribution in [0.4, 0.5) is 17.1 Å². The maximum absolute atomic E-state index is 5.78. The molecule has 3 rings (SSSR count). The summed E-state index contributed by atoms with van der Waals surface area (Å²) in [5.41, 5.74) is 6.09. The smallest absolute Gasteiger partial charge is 0.129 e. The summed E-state index contributed by atoms with van der Waals surface area (Å²) in [5, 5.41) is 0. The van der Waals surface area contributed by atoms with Gasteiger partial charge in [0.15, 0.2) is 0 Å². The van der Waals surface area contributed by atoms with Crippen LogP contribution in [0.15, 0.2) is 41.4 Å². The molecule has 1 aliphatic heterocycles. The Bertz CT molecular complexity index is 897. The largest absolute Gasteiger partial charge is 0.496 e. The molecule has 1 heterocycles. The lowest BCUT2D eigenvalue weighted by Crippen LogP contribution is -2.48. The highest BCUT2D eigenvalue weighted by atomic mass is 16.5. The van der Waals surface area contributed by atoms with E-state index in [9.17, 15) is 0 Å². The minimum Gasteiger partial charge on any atom is -0.496 e. The number of rotatable bonds is 8. The molecule has 0 fully saturated rings. The fourth-order valence-electron chi connectivity index (χ4n) is 4.93. The van der Waals surface area contributed by atoms with Crippen molar-refractivity contribution in [3.05, 3.63) is 47.5 Å². The average molecular weight is 422 g/mol. The van der Waals surface area contributed by atoms with E-state index in [1.807, 2.05) is 6.21 Å². The van der Waals surface area contributed by atoms with Crippen molar-refractivity contribution in [2.45, 2.75) is 65.8 Å². The lowest BCUT2D eigenvalue weighted by Gasteiger charge is -2.47. The fourth-order valence-corrected chi connectivity index (χ4v) is 4.93. The third-order valence-corrected chi connectivity index (χ3v) is 6.52. The van der Waals surface area contributed by atoms with E-state index >= 15 is 0 Å². The van der Waals surface area contributed by atoms with Gasteiger partial charge in [-0.05, 0) is 82.3 Å². The molecule has 1 atom stereocenters. The van der Waals surface area contributed by atoms with Crippen LogP contribution in [0.1, 0.15) is 71.4 Å². The van der Waals surface area contributed by atoms with Crippen LogP contribution in [0.2, 0.25) is 0 Å². The van der Waals surface area contributed by atoms with Gasteiger partial charge in [0.25, 0.3) is 0 Å². The van der Waals surface area contributed by atoms with Crippen LogP contribution < -0.4 is 14.5 Å². The van der Waals surface area contributed by atoms with Crippen LogP contribution in [0, 0.1) is 0 Å². The lowest BCUT2D eigenvalue weighted by molar-refractivity contribution is 0.372. The Morgan fingerprint density at radius 1 is 1.13 bits per heavy atom. The van der Waals surface area contributed by atoms with E-state index < -0.39 is 0 Å². The first-order valence-electron chi connectivity index (χ1n) is 11.7. The monoisotopic (exact) mass is 421 g/mol. The zero-order chi connectivity index (χ0) is 22.6. The normalized spacial score (nSPS) is 17.6. The first-order valence-corrected chi connectivity index (χ1v) is 11.7. The summed E-state index contributed by atoms with van der Waals surface area (Å²) in [5.74, 6) is 1.39. The van der Waals surface area contributed by atoms with Gasteiger partial charge in [0.2, 0.25) is 0 Å². The van der Waals surface area contributed by atoms with Gasteiger partial charge in [-0.15, -0.1) is 0 Å². The third-order valence-electron chi connectivity index (χ3n) is 6.52. The Morgan fingerprint density at radius 2 is 1.81 bits per heavy atom. The Balaban J connectivity index is 1.93. The van der Waals surface area contributed by atoms with Gasteiger partial charge >= 0.3 is 0 Å². The van der Waals surface area contributed by atoms with E-state index in [2.05, 4.69) is 87.7 Å². The summed E-state index contributed by atoms with van der Waals surface area (Å²) in [6.45, 7) is 16.7. The van der Waals surface area contributed by atoms with Crippen LogP contribution in [0.3, 0.4) is 0 Å². The quantitative estimate of drug-likeness (QED) is 0.439. The van der Waals surface area contributed by atoms with Crippen LogP contribution in [-0.4, -0.2) is 38.5 Å². The maximum Gasteiger partial charge on any atom is 0.129 e. The van der Waals surface area contributed by atoms with Gasteiger partial charge in [-0.2, -0.15) is 0 Å². The van der Waals surface area contributed by atoms with E-state index in [1.54, 1.807) is 7.11 Å². The van der Waals surface area contributed by atoms with Gasteiger partial charge < -0.3 is 14.5 Å². The summed E-state index contributed by atoms with van der Waals surface area (Å²) in [7, 11) is 1.75. The molecule has 0 saturated carbocycles. The Kier molecular flexibility index (Phi) is 7.30. The van der Waals surface area contributed by atoms with Crippen molar-refractivity contribution in [2.24, 2.45) is 4.99 Å². The zero-order valence-corrected chi connectivity index (χ0v) is 20.4. The van der Waals surface area contributed by atoms with E-state index in [0.717, 1.165) is 49.5 Å². The van der Waals surface area contributed by atoms with E-state index in [0.29, 0.717) is 5.92 Å². The van der Waals surface area contributed by atoms with Crippen LogP contribution in [0.5, 0.6) is 5.75 Å². The Labute approximate surface area is 188 Å². The second-order valence-corrected chi connectivity index (χ2v) is 9.17. The van der Waals surface area contributed by atoms with Gasteiger partial charge in [0.05, 0.1) is 12.8 Å². The molecular weight excluding hydrogens is 382 g/mol. The predicted octanol–water partition coefficient (Wildman–Crippen LogP) is 6.79. The van der Waals surface area contributed by atoms with Gasteiger partial charge in [-0.3, -0.25) is 4.99 Å². The fraction of sp³-hybridized carbons (Fsp3) is 0.519. The zero-order valence-electron chi connectivity index (χ0n) is 20.4. The Morgan fingerprint density at radius 3 is 2.39 bits per heavy atom. The standard InChI is InChI=1S/C27H39N3O/c1-8-15-30-25-17-26(31-7)21(16-24(25)20(4)18-27(30,5)6)19-28-22-11-13-23(14-12-22)29(9-2)10-3/h11-14,16-17,19-20H,8-10,15,18H2,1-7H3. The molecule has 0 bridgehead atoms. The SMILES string of the molecule is CCCN1c2cc(OC)c(C=Nc3ccc(N(CC)CC)cc3)cc2C(C)CC1(C)C. The molecule has 0 spiro atoms. The number of anilines is 2. The number of ether oxygens (including phenoxy) is 1. The first-order chi connectivity index (χ1) is 14.8. The predicted molar refractivity (Wildman–Crippen MR) is 135 cm³/mol. The van der Waals surface area contributed by atoms with Crippen molar-refractivity contribution in [1.29, 1.82) is 0 Å². The first kappa shape index (κ1) is 23.2. The van der Waals surface area contributed by atoms with Gasteiger partial charge in [-0.1, -0.05) is 13.8 Å². The third kappa shape index (κ3) is 4.89. The number of methoxy groups -OCH3 is 1. The molecule has 2 aromatic rings. The average Bonchev–Trinajstić information content (AvgIpc) is 2.76. The summed E-state index contributed by atoms with van der Waals surface area (Å²) in [4.78, 5) is 9.65. The lowest BCUT2D eigenvalue weighted by atomic mass is 9.79. The summed E-state index contributed by atoms with van der Waals surface area (Å²) in [6, 6.07) is 13.0. The number of benzene rings is 2. The van der Waals surface area contributed by atoms with Crippen LogP contribution in [0.25, 0.3) is 0 Å². The van der Waals surface area contributed by atoms with E-state index in [4.69, 9.17) is 9.73 Å². The molecule has 2 aromatic carbocycles. The molecule has 0 saturated heterocycles.